The van der Waals surface area contributed by atoms with Crippen LogP contribution in [0.15, 0.2) is 0 Å². The van der Waals surface area contributed by atoms with Gasteiger partial charge in [-0.1, -0.05) is 13.8 Å². The summed E-state index contributed by atoms with van der Waals surface area (Å²) >= 11 is 0. The first kappa shape index (κ1) is 9.92. The smallest absolute Gasteiger partial charge is 0.106 e. The van der Waals surface area contributed by atoms with Crippen LogP contribution >= 0.6 is 0 Å². The Morgan fingerprint density at radius 3 is 2.50 bits per heavy atom. The molecule has 0 aromatic rings. The summed E-state index contributed by atoms with van der Waals surface area (Å²) in [6, 6.07) is 0. The van der Waals surface area contributed by atoms with Crippen molar-refractivity contribution in [1.29, 1.82) is 0 Å². The van der Waals surface area contributed by atoms with Crippen LogP contribution in [-0.2, 0) is 9.84 Å². The molecule has 0 aliphatic carbocycles. The summed E-state index contributed by atoms with van der Waals surface area (Å²) in [4.78, 5) is 0. The Morgan fingerprint density at radius 1 is 1.30 bits per heavy atom. The van der Waals surface area contributed by atoms with Crippen molar-refractivity contribution in [1.82, 2.24) is 0 Å². The van der Waals surface area contributed by atoms with Crippen molar-refractivity contribution < 1.29 is 9.84 Å². The van der Waals surface area contributed by atoms with E-state index in [1.807, 2.05) is 0 Å². The molecular weight excluding hydrogens is 128 g/mol. The summed E-state index contributed by atoms with van der Waals surface area (Å²) in [7, 11) is 0. The van der Waals surface area contributed by atoms with Crippen molar-refractivity contribution in [2.24, 2.45) is 5.92 Å². The van der Waals surface area contributed by atoms with Gasteiger partial charge in [-0.3, -0.25) is 0 Å². The van der Waals surface area contributed by atoms with Gasteiger partial charge in [0, 0.05) is 6.61 Å². The predicted molar refractivity (Wildman–Crippen MR) is 40.4 cm³/mol. The second kappa shape index (κ2) is 7.03. The highest BCUT2D eigenvalue weighted by Crippen LogP contribution is 2.02. The first-order valence-electron chi connectivity index (χ1n) is 3.93. The molecule has 2 nitrogen and oxygen atoms in total. The molecule has 1 radical (unpaired) electrons. The first-order valence-corrected chi connectivity index (χ1v) is 3.93. The minimum absolute atomic E-state index is 0.109. The molecular formula is C8H17O2. The molecule has 0 aromatic carbocycles. The zero-order valence-electron chi connectivity index (χ0n) is 6.93. The molecule has 2 heteroatoms. The van der Waals surface area contributed by atoms with E-state index in [1.54, 1.807) is 0 Å². The lowest BCUT2D eigenvalue weighted by molar-refractivity contribution is 0.0610. The molecule has 0 saturated heterocycles. The van der Waals surface area contributed by atoms with Gasteiger partial charge in [0.05, 0.1) is 6.61 Å². The summed E-state index contributed by atoms with van der Waals surface area (Å²) in [5.74, 6) is 0.746. The molecule has 0 fully saturated rings. The third-order valence-corrected chi connectivity index (χ3v) is 1.30. The first-order chi connectivity index (χ1) is 4.77. The van der Waals surface area contributed by atoms with Crippen molar-refractivity contribution in [2.45, 2.75) is 26.7 Å². The number of ether oxygens (including phenoxy) is 1. The zero-order valence-corrected chi connectivity index (χ0v) is 6.93. The maximum absolute atomic E-state index is 9.90. The Hall–Kier alpha value is -0.0800. The minimum Gasteiger partial charge on any atom is -0.379 e. The fraction of sp³-hybridized carbons (Fsp3) is 1.00. The highest BCUT2D eigenvalue weighted by Gasteiger charge is 1.92. The molecule has 0 heterocycles. The van der Waals surface area contributed by atoms with Crippen molar-refractivity contribution in [3.63, 3.8) is 0 Å². The Kier molecular flexibility index (Phi) is 6.98. The number of rotatable bonds is 6. The van der Waals surface area contributed by atoms with E-state index in [0.717, 1.165) is 18.9 Å². The maximum atomic E-state index is 9.90. The van der Waals surface area contributed by atoms with E-state index in [2.05, 4.69) is 13.8 Å². The number of hydrogen-bond donors (Lipinski definition) is 0. The van der Waals surface area contributed by atoms with Gasteiger partial charge in [0.1, 0.15) is 6.61 Å². The molecule has 61 valence electrons. The summed E-state index contributed by atoms with van der Waals surface area (Å²) in [6.45, 7) is 5.39. The van der Waals surface area contributed by atoms with Crippen LogP contribution in [-0.4, -0.2) is 19.8 Å². The Bertz CT molecular complexity index is 62.3. The van der Waals surface area contributed by atoms with Gasteiger partial charge in [-0.15, -0.1) is 0 Å². The van der Waals surface area contributed by atoms with Crippen molar-refractivity contribution >= 4 is 0 Å². The lowest BCUT2D eigenvalue weighted by Crippen LogP contribution is -2.00. The van der Waals surface area contributed by atoms with Gasteiger partial charge >= 0.3 is 0 Å². The molecule has 0 bridgehead atoms. The lowest BCUT2D eigenvalue weighted by atomic mass is 10.1. The molecule has 0 atom stereocenters. The summed E-state index contributed by atoms with van der Waals surface area (Å²) in [6.07, 6.45) is 2.27. The van der Waals surface area contributed by atoms with Gasteiger partial charge in [-0.05, 0) is 18.8 Å². The van der Waals surface area contributed by atoms with E-state index in [1.165, 1.54) is 6.42 Å². The topological polar surface area (TPSA) is 29.1 Å². The highest BCUT2D eigenvalue weighted by molar-refractivity contribution is 4.44. The molecule has 0 saturated carbocycles. The van der Waals surface area contributed by atoms with Crippen LogP contribution < -0.4 is 0 Å². The second-order valence-electron chi connectivity index (χ2n) is 2.85. The third-order valence-electron chi connectivity index (χ3n) is 1.30. The maximum Gasteiger partial charge on any atom is 0.106 e. The van der Waals surface area contributed by atoms with Gasteiger partial charge in [0.25, 0.3) is 0 Å². The van der Waals surface area contributed by atoms with Gasteiger partial charge in [-0.25, -0.2) is 5.11 Å². The van der Waals surface area contributed by atoms with Crippen molar-refractivity contribution in [3.8, 4) is 0 Å². The SMILES string of the molecule is CC(C)CCCOCC[O]. The minimum atomic E-state index is -0.109. The fourth-order valence-electron chi connectivity index (χ4n) is 0.755. The largest absolute Gasteiger partial charge is 0.379 e. The second-order valence-corrected chi connectivity index (χ2v) is 2.85. The predicted octanol–water partition coefficient (Wildman–Crippen LogP) is 1.87. The Labute approximate surface area is 63.2 Å². The average molecular weight is 145 g/mol. The Morgan fingerprint density at radius 2 is 2.00 bits per heavy atom. The van der Waals surface area contributed by atoms with Crippen LogP contribution in [0.2, 0.25) is 0 Å². The molecule has 0 aliphatic rings. The van der Waals surface area contributed by atoms with Gasteiger partial charge in [0.15, 0.2) is 0 Å². The summed E-state index contributed by atoms with van der Waals surface area (Å²) in [5, 5.41) is 9.90. The third kappa shape index (κ3) is 7.92. The normalized spacial score (nSPS) is 10.8. The average Bonchev–Trinajstić information content (AvgIpc) is 1.87. The monoisotopic (exact) mass is 145 g/mol. The summed E-state index contributed by atoms with van der Waals surface area (Å²) in [5.41, 5.74) is 0. The lowest BCUT2D eigenvalue weighted by Gasteiger charge is -2.03. The molecule has 0 unspecified atom stereocenters. The van der Waals surface area contributed by atoms with Crippen molar-refractivity contribution in [2.75, 3.05) is 19.8 Å². The highest BCUT2D eigenvalue weighted by atomic mass is 16.5. The molecule has 0 rings (SSSR count). The zero-order chi connectivity index (χ0) is 7.82. The van der Waals surface area contributed by atoms with Gasteiger partial charge in [0.2, 0.25) is 0 Å². The van der Waals surface area contributed by atoms with Gasteiger partial charge < -0.3 is 4.74 Å². The van der Waals surface area contributed by atoms with E-state index in [0.29, 0.717) is 6.61 Å². The van der Waals surface area contributed by atoms with Crippen LogP contribution in [0.4, 0.5) is 0 Å². The molecule has 0 aliphatic heterocycles. The summed E-state index contributed by atoms with van der Waals surface area (Å²) < 4.78 is 5.02. The van der Waals surface area contributed by atoms with Gasteiger partial charge in [-0.2, -0.15) is 0 Å². The Balaban J connectivity index is 2.77. The molecule has 0 aromatic heterocycles. The van der Waals surface area contributed by atoms with E-state index < -0.39 is 0 Å². The van der Waals surface area contributed by atoms with Crippen LogP contribution in [0.1, 0.15) is 26.7 Å². The van der Waals surface area contributed by atoms with E-state index in [9.17, 15) is 5.11 Å². The standard InChI is InChI=1S/C8H17O2/c1-8(2)4-3-6-10-7-5-9/h8H,3-7H2,1-2H3. The molecule has 0 N–H and O–H groups in total. The quantitative estimate of drug-likeness (QED) is 0.524. The van der Waals surface area contributed by atoms with E-state index in [4.69, 9.17) is 4.74 Å². The van der Waals surface area contributed by atoms with Crippen LogP contribution in [0.5, 0.6) is 0 Å². The molecule has 10 heavy (non-hydrogen) atoms. The van der Waals surface area contributed by atoms with Crippen LogP contribution in [0.3, 0.4) is 0 Å². The van der Waals surface area contributed by atoms with Crippen LogP contribution in [0, 0.1) is 5.92 Å². The van der Waals surface area contributed by atoms with Crippen molar-refractivity contribution in [3.05, 3.63) is 0 Å². The van der Waals surface area contributed by atoms with Crippen LogP contribution in [0.25, 0.3) is 0 Å². The van der Waals surface area contributed by atoms with E-state index >= 15 is 0 Å². The fourth-order valence-corrected chi connectivity index (χ4v) is 0.755. The molecule has 0 spiro atoms. The molecule has 0 amide bonds. The van der Waals surface area contributed by atoms with E-state index in [-0.39, 0.29) is 6.61 Å². The number of hydrogen-bond acceptors (Lipinski definition) is 1.